The molecule has 108 valence electrons. The first-order valence-corrected chi connectivity index (χ1v) is 7.31. The van der Waals surface area contributed by atoms with Crippen LogP contribution in [0.3, 0.4) is 0 Å². The molecule has 0 aromatic carbocycles. The number of pyridine rings is 1. The van der Waals surface area contributed by atoms with Crippen molar-refractivity contribution in [3.05, 3.63) is 29.6 Å². The largest absolute Gasteiger partial charge is 0.466 e. The van der Waals surface area contributed by atoms with E-state index in [1.165, 1.54) is 5.56 Å². The summed E-state index contributed by atoms with van der Waals surface area (Å²) in [6, 6.07) is 4.04. The van der Waals surface area contributed by atoms with Crippen LogP contribution in [0.25, 0.3) is 0 Å². The Morgan fingerprint density at radius 2 is 2.25 bits per heavy atom. The van der Waals surface area contributed by atoms with Crippen LogP contribution in [0.15, 0.2) is 18.3 Å². The van der Waals surface area contributed by atoms with E-state index in [1.54, 1.807) is 13.1 Å². The summed E-state index contributed by atoms with van der Waals surface area (Å²) in [4.78, 5) is 27.7. The molecule has 0 saturated heterocycles. The fourth-order valence-electron chi connectivity index (χ4n) is 2.76. The lowest BCUT2D eigenvalue weighted by molar-refractivity contribution is -0.144. The van der Waals surface area contributed by atoms with Crippen LogP contribution in [0.5, 0.6) is 0 Å². The number of hydrogen-bond donors (Lipinski definition) is 0. The quantitative estimate of drug-likeness (QED) is 0.749. The second-order valence-corrected chi connectivity index (χ2v) is 5.18. The smallest absolute Gasteiger partial charge is 0.306 e. The van der Waals surface area contributed by atoms with Gasteiger partial charge in [-0.25, -0.2) is 0 Å². The first kappa shape index (κ1) is 14.7. The highest BCUT2D eigenvalue weighted by Gasteiger charge is 2.23. The van der Waals surface area contributed by atoms with E-state index >= 15 is 0 Å². The minimum Gasteiger partial charge on any atom is -0.466 e. The minimum absolute atomic E-state index is 0.126. The first-order valence-electron chi connectivity index (χ1n) is 7.31. The molecule has 1 unspecified atom stereocenters. The van der Waals surface area contributed by atoms with E-state index in [4.69, 9.17) is 4.74 Å². The number of carbonyl (C=O) groups is 2. The highest BCUT2D eigenvalue weighted by Crippen LogP contribution is 2.32. The van der Waals surface area contributed by atoms with Crippen molar-refractivity contribution in [2.45, 2.75) is 51.4 Å². The molecule has 1 aromatic heterocycles. The molecule has 1 aromatic rings. The van der Waals surface area contributed by atoms with E-state index < -0.39 is 0 Å². The summed E-state index contributed by atoms with van der Waals surface area (Å²) in [6.45, 7) is 2.14. The number of Topliss-reactive ketones (excluding diaryl/α,β-unsaturated/α-hetero) is 1. The molecule has 0 fully saturated rings. The second-order valence-electron chi connectivity index (χ2n) is 5.18. The number of carbonyl (C=O) groups excluding carboxylic acids is 2. The van der Waals surface area contributed by atoms with Gasteiger partial charge in [0, 0.05) is 30.7 Å². The van der Waals surface area contributed by atoms with Gasteiger partial charge < -0.3 is 4.74 Å². The Bertz CT molecular complexity index is 484. The minimum atomic E-state index is -0.289. The van der Waals surface area contributed by atoms with Crippen LogP contribution in [-0.2, 0) is 20.7 Å². The monoisotopic (exact) mass is 275 g/mol. The number of esters is 1. The number of ether oxygens (including phenoxy) is 1. The van der Waals surface area contributed by atoms with Gasteiger partial charge in [-0.15, -0.1) is 0 Å². The lowest BCUT2D eigenvalue weighted by Gasteiger charge is -2.23. The van der Waals surface area contributed by atoms with Crippen LogP contribution in [-0.4, -0.2) is 23.3 Å². The maximum atomic E-state index is 12.0. The average molecular weight is 275 g/mol. The first-order chi connectivity index (χ1) is 9.70. The van der Waals surface area contributed by atoms with Gasteiger partial charge in [-0.2, -0.15) is 0 Å². The maximum Gasteiger partial charge on any atom is 0.306 e. The summed E-state index contributed by atoms with van der Waals surface area (Å²) in [6.07, 6.45) is 5.91. The Morgan fingerprint density at radius 1 is 1.40 bits per heavy atom. The number of fused-ring (bicyclic) bond motifs is 1. The van der Waals surface area contributed by atoms with Crippen LogP contribution in [0.2, 0.25) is 0 Å². The standard InChI is InChI=1S/C16H21NO3/c1-2-20-15(19)9-8-14(18)11-13-6-3-5-12-7-4-10-17-16(12)13/h4,7,10,13H,2-3,5-6,8-9,11H2,1H3. The van der Waals surface area contributed by atoms with Crippen LogP contribution in [0, 0.1) is 0 Å². The maximum absolute atomic E-state index is 12.0. The van der Waals surface area contributed by atoms with Crippen LogP contribution < -0.4 is 0 Å². The molecule has 0 saturated carbocycles. The van der Waals surface area contributed by atoms with E-state index in [1.807, 2.05) is 6.07 Å². The third kappa shape index (κ3) is 3.89. The molecule has 1 aliphatic carbocycles. The Hall–Kier alpha value is -1.71. The highest BCUT2D eigenvalue weighted by atomic mass is 16.5. The number of nitrogens with zero attached hydrogens (tertiary/aromatic N) is 1. The molecule has 1 atom stereocenters. The van der Waals surface area contributed by atoms with Gasteiger partial charge in [0.2, 0.25) is 0 Å². The molecule has 1 heterocycles. The van der Waals surface area contributed by atoms with Crippen molar-refractivity contribution < 1.29 is 14.3 Å². The lowest BCUT2D eigenvalue weighted by Crippen LogP contribution is -2.16. The number of rotatable bonds is 6. The van der Waals surface area contributed by atoms with Crippen molar-refractivity contribution in [2.24, 2.45) is 0 Å². The third-order valence-corrected chi connectivity index (χ3v) is 3.70. The van der Waals surface area contributed by atoms with Gasteiger partial charge in [0.1, 0.15) is 5.78 Å². The SMILES string of the molecule is CCOC(=O)CCC(=O)CC1CCCc2cccnc21. The number of aromatic nitrogens is 1. The molecule has 0 amide bonds. The van der Waals surface area contributed by atoms with Crippen LogP contribution in [0.1, 0.15) is 56.2 Å². The summed E-state index contributed by atoms with van der Waals surface area (Å²) >= 11 is 0. The summed E-state index contributed by atoms with van der Waals surface area (Å²) < 4.78 is 4.84. The Morgan fingerprint density at radius 3 is 3.05 bits per heavy atom. The molecule has 0 bridgehead atoms. The van der Waals surface area contributed by atoms with Crippen molar-refractivity contribution in [1.82, 2.24) is 4.98 Å². The van der Waals surface area contributed by atoms with Crippen molar-refractivity contribution in [1.29, 1.82) is 0 Å². The Kier molecular flexibility index (Phi) is 5.27. The second kappa shape index (κ2) is 7.17. The van der Waals surface area contributed by atoms with Gasteiger partial charge in [-0.05, 0) is 37.8 Å². The fourth-order valence-corrected chi connectivity index (χ4v) is 2.76. The molecule has 0 radical (unpaired) electrons. The highest BCUT2D eigenvalue weighted by molar-refractivity contribution is 5.83. The summed E-state index contributed by atoms with van der Waals surface area (Å²) in [5.74, 6) is 0.0548. The van der Waals surface area contributed by atoms with Crippen LogP contribution in [0.4, 0.5) is 0 Å². The van der Waals surface area contributed by atoms with Gasteiger partial charge in [0.15, 0.2) is 0 Å². The molecule has 4 nitrogen and oxygen atoms in total. The molecular weight excluding hydrogens is 254 g/mol. The number of hydrogen-bond acceptors (Lipinski definition) is 4. The molecule has 4 heteroatoms. The lowest BCUT2D eigenvalue weighted by atomic mass is 9.83. The van der Waals surface area contributed by atoms with Gasteiger partial charge in [0.25, 0.3) is 0 Å². The van der Waals surface area contributed by atoms with E-state index in [0.717, 1.165) is 25.0 Å². The van der Waals surface area contributed by atoms with Gasteiger partial charge in [-0.3, -0.25) is 14.6 Å². The normalized spacial score (nSPS) is 17.4. The Balaban J connectivity index is 1.88. The van der Waals surface area contributed by atoms with Gasteiger partial charge >= 0.3 is 5.97 Å². The van der Waals surface area contributed by atoms with Crippen molar-refractivity contribution in [3.63, 3.8) is 0 Å². The molecular formula is C16H21NO3. The van der Waals surface area contributed by atoms with E-state index in [9.17, 15) is 9.59 Å². The van der Waals surface area contributed by atoms with Gasteiger partial charge in [-0.1, -0.05) is 6.07 Å². The number of ketones is 1. The molecule has 0 spiro atoms. The Labute approximate surface area is 119 Å². The van der Waals surface area contributed by atoms with Crippen molar-refractivity contribution in [3.8, 4) is 0 Å². The zero-order chi connectivity index (χ0) is 14.4. The van der Waals surface area contributed by atoms with Crippen molar-refractivity contribution >= 4 is 11.8 Å². The zero-order valence-electron chi connectivity index (χ0n) is 11.9. The topological polar surface area (TPSA) is 56.3 Å². The predicted octanol–water partition coefficient (Wildman–Crippen LogP) is 2.80. The molecule has 0 aliphatic heterocycles. The van der Waals surface area contributed by atoms with E-state index in [-0.39, 0.29) is 30.5 Å². The number of aryl methyl sites for hydroxylation is 1. The summed E-state index contributed by atoms with van der Waals surface area (Å²) in [7, 11) is 0. The predicted molar refractivity (Wildman–Crippen MR) is 75.4 cm³/mol. The molecule has 1 aliphatic rings. The van der Waals surface area contributed by atoms with Crippen LogP contribution >= 0.6 is 0 Å². The third-order valence-electron chi connectivity index (χ3n) is 3.70. The fraction of sp³-hybridized carbons (Fsp3) is 0.562. The molecule has 20 heavy (non-hydrogen) atoms. The van der Waals surface area contributed by atoms with E-state index in [2.05, 4.69) is 11.1 Å². The summed E-state index contributed by atoms with van der Waals surface area (Å²) in [5, 5.41) is 0. The zero-order valence-corrected chi connectivity index (χ0v) is 11.9. The molecule has 2 rings (SSSR count). The summed E-state index contributed by atoms with van der Waals surface area (Å²) in [5.41, 5.74) is 2.34. The average Bonchev–Trinajstić information content (AvgIpc) is 2.46. The van der Waals surface area contributed by atoms with E-state index in [0.29, 0.717) is 13.0 Å². The van der Waals surface area contributed by atoms with Crippen molar-refractivity contribution in [2.75, 3.05) is 6.61 Å². The van der Waals surface area contributed by atoms with Gasteiger partial charge in [0.05, 0.1) is 13.0 Å². The molecule has 0 N–H and O–H groups in total.